The fourth-order valence-electron chi connectivity index (χ4n) is 3.72. The van der Waals surface area contributed by atoms with Crippen molar-refractivity contribution >= 4 is 11.8 Å². The van der Waals surface area contributed by atoms with Crippen LogP contribution in [0.25, 0.3) is 0 Å². The smallest absolute Gasteiger partial charge is 0.356 e. The zero-order valence-electron chi connectivity index (χ0n) is 12.9. The van der Waals surface area contributed by atoms with Crippen molar-refractivity contribution in [1.82, 2.24) is 14.9 Å². The summed E-state index contributed by atoms with van der Waals surface area (Å²) < 4.78 is 0. The van der Waals surface area contributed by atoms with Crippen LogP contribution in [0.5, 0.6) is 0 Å². The molecule has 2 fully saturated rings. The van der Waals surface area contributed by atoms with E-state index in [1.54, 1.807) is 0 Å². The number of carboxylic acid groups (broad SMARTS) is 1. The van der Waals surface area contributed by atoms with E-state index in [2.05, 4.69) is 20.2 Å². The summed E-state index contributed by atoms with van der Waals surface area (Å²) in [5.74, 6) is -0.390. The topological polar surface area (TPSA) is 78.3 Å². The van der Waals surface area contributed by atoms with Gasteiger partial charge in [0.15, 0.2) is 5.69 Å². The standard InChI is InChI=1S/C16H24N4O2/c21-16(22)14-10-19-15(11-17-14)18-9-13-7-4-8-20(13)12-5-2-1-3-6-12/h10-13H,1-9H2,(H,18,19)(H,21,22). The molecule has 0 radical (unpaired) electrons. The summed E-state index contributed by atoms with van der Waals surface area (Å²) in [7, 11) is 0. The highest BCUT2D eigenvalue weighted by molar-refractivity contribution is 5.84. The molecule has 6 nitrogen and oxygen atoms in total. The quantitative estimate of drug-likeness (QED) is 0.869. The number of hydrogen-bond donors (Lipinski definition) is 2. The Hall–Kier alpha value is -1.69. The molecule has 1 unspecified atom stereocenters. The van der Waals surface area contributed by atoms with Gasteiger partial charge in [0.05, 0.1) is 12.4 Å². The Morgan fingerprint density at radius 3 is 2.68 bits per heavy atom. The molecule has 2 aliphatic rings. The molecule has 0 amide bonds. The molecule has 1 aliphatic carbocycles. The van der Waals surface area contributed by atoms with E-state index >= 15 is 0 Å². The van der Waals surface area contributed by atoms with Crippen molar-refractivity contribution in [2.45, 2.75) is 57.0 Å². The van der Waals surface area contributed by atoms with Gasteiger partial charge in [-0.05, 0) is 32.2 Å². The first-order valence-corrected chi connectivity index (χ1v) is 8.29. The van der Waals surface area contributed by atoms with E-state index in [1.165, 1.54) is 63.9 Å². The van der Waals surface area contributed by atoms with Gasteiger partial charge in [0.2, 0.25) is 0 Å². The minimum Gasteiger partial charge on any atom is -0.476 e. The van der Waals surface area contributed by atoms with Gasteiger partial charge in [-0.2, -0.15) is 0 Å². The fourth-order valence-corrected chi connectivity index (χ4v) is 3.72. The number of hydrogen-bond acceptors (Lipinski definition) is 5. The minimum atomic E-state index is -1.04. The monoisotopic (exact) mass is 304 g/mol. The molecule has 1 saturated carbocycles. The van der Waals surface area contributed by atoms with Crippen LogP contribution in [0, 0.1) is 0 Å². The normalized spacial score (nSPS) is 23.5. The van der Waals surface area contributed by atoms with Gasteiger partial charge in [0.1, 0.15) is 5.82 Å². The first-order valence-electron chi connectivity index (χ1n) is 8.29. The van der Waals surface area contributed by atoms with Crippen LogP contribution < -0.4 is 5.32 Å². The van der Waals surface area contributed by atoms with Gasteiger partial charge in [-0.1, -0.05) is 19.3 Å². The predicted molar refractivity (Wildman–Crippen MR) is 84.1 cm³/mol. The highest BCUT2D eigenvalue weighted by Crippen LogP contribution is 2.29. The molecule has 2 N–H and O–H groups in total. The Morgan fingerprint density at radius 2 is 2.00 bits per heavy atom. The van der Waals surface area contributed by atoms with Crippen LogP contribution in [-0.4, -0.2) is 51.1 Å². The van der Waals surface area contributed by atoms with E-state index in [0.29, 0.717) is 11.9 Å². The summed E-state index contributed by atoms with van der Waals surface area (Å²) in [6, 6.07) is 1.31. The molecular formula is C16H24N4O2. The lowest BCUT2D eigenvalue weighted by Gasteiger charge is -2.35. The molecule has 0 spiro atoms. The van der Waals surface area contributed by atoms with Crippen molar-refractivity contribution in [3.63, 3.8) is 0 Å². The second kappa shape index (κ2) is 7.05. The molecule has 1 aliphatic heterocycles. The van der Waals surface area contributed by atoms with Gasteiger partial charge in [-0.15, -0.1) is 0 Å². The summed E-state index contributed by atoms with van der Waals surface area (Å²) in [6.07, 6.45) is 12.1. The maximum atomic E-state index is 10.8. The van der Waals surface area contributed by atoms with Crippen LogP contribution in [-0.2, 0) is 0 Å². The Labute approximate surface area is 131 Å². The lowest BCUT2D eigenvalue weighted by Crippen LogP contribution is -2.43. The third-order valence-electron chi connectivity index (χ3n) is 4.86. The van der Waals surface area contributed by atoms with Crippen LogP contribution in [0.3, 0.4) is 0 Å². The molecule has 6 heteroatoms. The zero-order valence-corrected chi connectivity index (χ0v) is 12.9. The third kappa shape index (κ3) is 3.55. The summed E-state index contributed by atoms with van der Waals surface area (Å²) in [5.41, 5.74) is -0.0183. The number of likely N-dealkylation sites (tertiary alicyclic amines) is 1. The number of anilines is 1. The average molecular weight is 304 g/mol. The Morgan fingerprint density at radius 1 is 1.18 bits per heavy atom. The van der Waals surface area contributed by atoms with E-state index in [4.69, 9.17) is 5.11 Å². The SMILES string of the molecule is O=C(O)c1cnc(NCC2CCCN2C2CCCCC2)cn1. The average Bonchev–Trinajstić information content (AvgIpc) is 3.02. The summed E-state index contributed by atoms with van der Waals surface area (Å²) in [4.78, 5) is 21.5. The molecule has 120 valence electrons. The second-order valence-corrected chi connectivity index (χ2v) is 6.30. The number of aromatic nitrogens is 2. The molecule has 0 aromatic carbocycles. The van der Waals surface area contributed by atoms with E-state index in [1.807, 2.05) is 0 Å². The van der Waals surface area contributed by atoms with E-state index in [0.717, 1.165) is 12.6 Å². The lowest BCUT2D eigenvalue weighted by molar-refractivity contribution is 0.0690. The first kappa shape index (κ1) is 15.2. The highest BCUT2D eigenvalue weighted by Gasteiger charge is 2.31. The molecule has 1 saturated heterocycles. The number of rotatable bonds is 5. The molecule has 1 atom stereocenters. The van der Waals surface area contributed by atoms with Crippen LogP contribution in [0.1, 0.15) is 55.4 Å². The lowest BCUT2D eigenvalue weighted by atomic mass is 9.94. The highest BCUT2D eigenvalue weighted by atomic mass is 16.4. The Balaban J connectivity index is 1.54. The number of carboxylic acids is 1. The van der Waals surface area contributed by atoms with Crippen LogP contribution in [0.4, 0.5) is 5.82 Å². The zero-order chi connectivity index (χ0) is 15.4. The summed E-state index contributed by atoms with van der Waals surface area (Å²) >= 11 is 0. The summed E-state index contributed by atoms with van der Waals surface area (Å²) in [6.45, 7) is 2.07. The minimum absolute atomic E-state index is 0.0183. The maximum Gasteiger partial charge on any atom is 0.356 e. The fraction of sp³-hybridized carbons (Fsp3) is 0.688. The van der Waals surface area contributed by atoms with Gasteiger partial charge >= 0.3 is 5.97 Å². The Kier molecular flexibility index (Phi) is 4.87. The van der Waals surface area contributed by atoms with Crippen molar-refractivity contribution in [3.8, 4) is 0 Å². The predicted octanol–water partition coefficient (Wildman–Crippen LogP) is 2.38. The van der Waals surface area contributed by atoms with Crippen molar-refractivity contribution in [1.29, 1.82) is 0 Å². The van der Waals surface area contributed by atoms with Crippen LogP contribution in [0.2, 0.25) is 0 Å². The van der Waals surface area contributed by atoms with Gasteiger partial charge < -0.3 is 10.4 Å². The van der Waals surface area contributed by atoms with Gasteiger partial charge in [-0.25, -0.2) is 14.8 Å². The number of carbonyl (C=O) groups is 1. The molecule has 3 rings (SSSR count). The number of aromatic carboxylic acids is 1. The maximum absolute atomic E-state index is 10.8. The van der Waals surface area contributed by atoms with E-state index < -0.39 is 5.97 Å². The van der Waals surface area contributed by atoms with E-state index in [-0.39, 0.29) is 5.69 Å². The van der Waals surface area contributed by atoms with Gasteiger partial charge in [0.25, 0.3) is 0 Å². The van der Waals surface area contributed by atoms with Gasteiger partial charge in [0, 0.05) is 18.6 Å². The van der Waals surface area contributed by atoms with Crippen molar-refractivity contribution in [2.75, 3.05) is 18.4 Å². The van der Waals surface area contributed by atoms with Crippen LogP contribution in [0.15, 0.2) is 12.4 Å². The molecular weight excluding hydrogens is 280 g/mol. The number of nitrogens with zero attached hydrogens (tertiary/aromatic N) is 3. The van der Waals surface area contributed by atoms with Crippen LogP contribution >= 0.6 is 0 Å². The molecule has 0 bridgehead atoms. The van der Waals surface area contributed by atoms with E-state index in [9.17, 15) is 4.79 Å². The third-order valence-corrected chi connectivity index (χ3v) is 4.86. The molecule has 1 aromatic heterocycles. The second-order valence-electron chi connectivity index (χ2n) is 6.30. The number of nitrogens with one attached hydrogen (secondary N) is 1. The Bertz CT molecular complexity index is 499. The summed E-state index contributed by atoms with van der Waals surface area (Å²) in [5, 5.41) is 12.1. The molecule has 1 aromatic rings. The van der Waals surface area contributed by atoms with Gasteiger partial charge in [-0.3, -0.25) is 4.90 Å². The van der Waals surface area contributed by atoms with Crippen molar-refractivity contribution < 1.29 is 9.90 Å². The largest absolute Gasteiger partial charge is 0.476 e. The first-order chi connectivity index (χ1) is 10.7. The molecule has 22 heavy (non-hydrogen) atoms. The van der Waals surface area contributed by atoms with Crippen molar-refractivity contribution in [3.05, 3.63) is 18.1 Å². The van der Waals surface area contributed by atoms with Crippen molar-refractivity contribution in [2.24, 2.45) is 0 Å². The molecule has 2 heterocycles.